The first-order chi connectivity index (χ1) is 9.18. The van der Waals surface area contributed by atoms with Crippen LogP contribution in [0.2, 0.25) is 0 Å². The highest BCUT2D eigenvalue weighted by Gasteiger charge is 2.13. The van der Waals surface area contributed by atoms with Gasteiger partial charge in [0.2, 0.25) is 5.43 Å². The van der Waals surface area contributed by atoms with Gasteiger partial charge >= 0.3 is 0 Å². The summed E-state index contributed by atoms with van der Waals surface area (Å²) >= 11 is 6.84. The van der Waals surface area contributed by atoms with Crippen LogP contribution in [-0.2, 0) is 0 Å². The van der Waals surface area contributed by atoms with Crippen LogP contribution in [0.3, 0.4) is 0 Å². The summed E-state index contributed by atoms with van der Waals surface area (Å²) in [5.74, 6) is 0. The Labute approximate surface area is 126 Å². The minimum atomic E-state index is -0.0411. The lowest BCUT2D eigenvalue weighted by Gasteiger charge is -2.05. The zero-order valence-electron chi connectivity index (χ0n) is 9.69. The smallest absolute Gasteiger partial charge is 0.201 e. The molecule has 0 atom stereocenters. The van der Waals surface area contributed by atoms with Gasteiger partial charge in [0.15, 0.2) is 0 Å². The Balaban J connectivity index is 2.39. The van der Waals surface area contributed by atoms with Crippen LogP contribution in [0.4, 0.5) is 0 Å². The molecule has 0 radical (unpaired) electrons. The fraction of sp³-hybridized carbons (Fsp3) is 0. The predicted molar refractivity (Wildman–Crippen MR) is 83.3 cm³/mol. The number of benzene rings is 2. The fourth-order valence-corrected chi connectivity index (χ4v) is 2.81. The van der Waals surface area contributed by atoms with Gasteiger partial charge in [-0.1, -0.05) is 30.3 Å². The molecule has 19 heavy (non-hydrogen) atoms. The number of hydrogen-bond donors (Lipinski definition) is 0. The van der Waals surface area contributed by atoms with Crippen molar-refractivity contribution in [1.82, 2.24) is 0 Å². The Kier molecular flexibility index (Phi) is 3.29. The lowest BCUT2D eigenvalue weighted by molar-refractivity contribution is 0.604. The standard InChI is InChI=1S/C15H8Br2O2/c16-11-6-7-12-13(14(11)17)15(18)10(8-19-12)9-4-2-1-3-5-9/h1-8H. The summed E-state index contributed by atoms with van der Waals surface area (Å²) in [6.45, 7) is 0. The van der Waals surface area contributed by atoms with Gasteiger partial charge < -0.3 is 4.42 Å². The van der Waals surface area contributed by atoms with Crippen LogP contribution in [0, 0.1) is 0 Å². The Hall–Kier alpha value is -1.39. The highest BCUT2D eigenvalue weighted by Crippen LogP contribution is 2.30. The van der Waals surface area contributed by atoms with Gasteiger partial charge in [0, 0.05) is 8.95 Å². The van der Waals surface area contributed by atoms with E-state index in [-0.39, 0.29) is 5.43 Å². The summed E-state index contributed by atoms with van der Waals surface area (Å²) in [5.41, 5.74) is 1.94. The summed E-state index contributed by atoms with van der Waals surface area (Å²) in [4.78, 5) is 12.6. The second kappa shape index (κ2) is 4.94. The monoisotopic (exact) mass is 378 g/mol. The van der Waals surface area contributed by atoms with E-state index in [1.54, 1.807) is 6.07 Å². The molecule has 0 aliphatic rings. The Morgan fingerprint density at radius 2 is 1.68 bits per heavy atom. The van der Waals surface area contributed by atoms with Crippen molar-refractivity contribution in [1.29, 1.82) is 0 Å². The molecule has 0 amide bonds. The van der Waals surface area contributed by atoms with E-state index in [4.69, 9.17) is 4.42 Å². The zero-order chi connectivity index (χ0) is 13.4. The first-order valence-electron chi connectivity index (χ1n) is 5.63. The lowest BCUT2D eigenvalue weighted by Crippen LogP contribution is -2.05. The Morgan fingerprint density at radius 3 is 2.42 bits per heavy atom. The second-order valence-electron chi connectivity index (χ2n) is 4.08. The summed E-state index contributed by atoms with van der Waals surface area (Å²) in [6, 6.07) is 13.1. The summed E-state index contributed by atoms with van der Waals surface area (Å²) in [7, 11) is 0. The SMILES string of the molecule is O=c1c(-c2ccccc2)coc2ccc(Br)c(Br)c12. The van der Waals surface area contributed by atoms with E-state index in [0.717, 1.165) is 14.5 Å². The molecule has 0 bridgehead atoms. The molecule has 0 saturated heterocycles. The summed E-state index contributed by atoms with van der Waals surface area (Å²) in [6.07, 6.45) is 1.51. The molecule has 0 aliphatic heterocycles. The van der Waals surface area contributed by atoms with Crippen LogP contribution in [0.15, 0.2) is 66.9 Å². The maximum atomic E-state index is 12.6. The highest BCUT2D eigenvalue weighted by atomic mass is 79.9. The summed E-state index contributed by atoms with van der Waals surface area (Å²) < 4.78 is 7.11. The van der Waals surface area contributed by atoms with E-state index in [0.29, 0.717) is 16.5 Å². The number of halogens is 2. The number of fused-ring (bicyclic) bond motifs is 1. The van der Waals surface area contributed by atoms with Crippen molar-refractivity contribution >= 4 is 42.8 Å². The molecule has 4 heteroatoms. The predicted octanol–water partition coefficient (Wildman–Crippen LogP) is 4.99. The van der Waals surface area contributed by atoms with Crippen LogP contribution in [0.25, 0.3) is 22.1 Å². The van der Waals surface area contributed by atoms with E-state index < -0.39 is 0 Å². The van der Waals surface area contributed by atoms with Crippen molar-refractivity contribution < 1.29 is 4.42 Å². The molecule has 94 valence electrons. The van der Waals surface area contributed by atoms with E-state index in [9.17, 15) is 4.79 Å². The molecule has 2 nitrogen and oxygen atoms in total. The van der Waals surface area contributed by atoms with Crippen LogP contribution in [0.5, 0.6) is 0 Å². The molecule has 0 fully saturated rings. The zero-order valence-corrected chi connectivity index (χ0v) is 12.9. The molecule has 0 unspecified atom stereocenters. The minimum absolute atomic E-state index is 0.0411. The lowest BCUT2D eigenvalue weighted by atomic mass is 10.1. The van der Waals surface area contributed by atoms with Gasteiger partial charge in [-0.2, -0.15) is 0 Å². The molecule has 0 aliphatic carbocycles. The van der Waals surface area contributed by atoms with Crippen molar-refractivity contribution in [3.05, 3.63) is 67.9 Å². The van der Waals surface area contributed by atoms with E-state index in [1.165, 1.54) is 6.26 Å². The molecule has 0 N–H and O–H groups in total. The molecule has 0 spiro atoms. The molecular formula is C15H8Br2O2. The first kappa shape index (κ1) is 12.6. The van der Waals surface area contributed by atoms with Gasteiger partial charge in [-0.3, -0.25) is 4.79 Å². The van der Waals surface area contributed by atoms with Crippen molar-refractivity contribution in [3.8, 4) is 11.1 Å². The Morgan fingerprint density at radius 1 is 0.947 bits per heavy atom. The van der Waals surface area contributed by atoms with Crippen LogP contribution in [0.1, 0.15) is 0 Å². The molecule has 1 aromatic heterocycles. The second-order valence-corrected chi connectivity index (χ2v) is 5.73. The third-order valence-electron chi connectivity index (χ3n) is 2.92. The Bertz CT molecular complexity index is 807. The van der Waals surface area contributed by atoms with Crippen molar-refractivity contribution in [2.45, 2.75) is 0 Å². The van der Waals surface area contributed by atoms with Gasteiger partial charge in [0.05, 0.1) is 10.9 Å². The van der Waals surface area contributed by atoms with Gasteiger partial charge in [-0.05, 0) is 49.6 Å². The highest BCUT2D eigenvalue weighted by molar-refractivity contribution is 9.13. The van der Waals surface area contributed by atoms with Gasteiger partial charge in [0.25, 0.3) is 0 Å². The van der Waals surface area contributed by atoms with Gasteiger partial charge in [-0.25, -0.2) is 0 Å². The quantitative estimate of drug-likeness (QED) is 0.596. The minimum Gasteiger partial charge on any atom is -0.463 e. The normalized spacial score (nSPS) is 10.8. The molecular weight excluding hydrogens is 372 g/mol. The largest absolute Gasteiger partial charge is 0.463 e. The van der Waals surface area contributed by atoms with Crippen molar-refractivity contribution in [2.24, 2.45) is 0 Å². The third kappa shape index (κ3) is 2.15. The van der Waals surface area contributed by atoms with E-state index in [2.05, 4.69) is 31.9 Å². The average Bonchev–Trinajstić information content (AvgIpc) is 2.44. The number of hydrogen-bond acceptors (Lipinski definition) is 2. The van der Waals surface area contributed by atoms with E-state index >= 15 is 0 Å². The third-order valence-corrected chi connectivity index (χ3v) is 4.93. The van der Waals surface area contributed by atoms with Gasteiger partial charge in [-0.15, -0.1) is 0 Å². The van der Waals surface area contributed by atoms with Gasteiger partial charge in [0.1, 0.15) is 11.8 Å². The topological polar surface area (TPSA) is 30.2 Å². The maximum absolute atomic E-state index is 12.6. The first-order valence-corrected chi connectivity index (χ1v) is 7.22. The van der Waals surface area contributed by atoms with Crippen LogP contribution >= 0.6 is 31.9 Å². The summed E-state index contributed by atoms with van der Waals surface area (Å²) in [5, 5.41) is 0.552. The fourth-order valence-electron chi connectivity index (χ4n) is 1.97. The van der Waals surface area contributed by atoms with Crippen molar-refractivity contribution in [3.63, 3.8) is 0 Å². The molecule has 2 aromatic carbocycles. The average molecular weight is 380 g/mol. The van der Waals surface area contributed by atoms with Crippen LogP contribution < -0.4 is 5.43 Å². The van der Waals surface area contributed by atoms with Crippen LogP contribution in [-0.4, -0.2) is 0 Å². The molecule has 0 saturated carbocycles. The number of rotatable bonds is 1. The molecule has 3 aromatic rings. The van der Waals surface area contributed by atoms with E-state index in [1.807, 2.05) is 36.4 Å². The van der Waals surface area contributed by atoms with Crippen molar-refractivity contribution in [2.75, 3.05) is 0 Å². The molecule has 1 heterocycles. The maximum Gasteiger partial charge on any atom is 0.201 e. The molecule has 3 rings (SSSR count).